The van der Waals surface area contributed by atoms with E-state index < -0.39 is 10.0 Å². The van der Waals surface area contributed by atoms with Gasteiger partial charge in [-0.15, -0.1) is 0 Å². The summed E-state index contributed by atoms with van der Waals surface area (Å²) in [6.07, 6.45) is 3.68. The van der Waals surface area contributed by atoms with E-state index in [1.165, 1.54) is 17.7 Å². The average Bonchev–Trinajstić information content (AvgIpc) is 2.80. The van der Waals surface area contributed by atoms with Crippen LogP contribution in [0, 0.1) is 0 Å². The second-order valence-electron chi connectivity index (χ2n) is 7.46. The molecule has 34 heavy (non-hydrogen) atoms. The lowest BCUT2D eigenvalue weighted by atomic mass is 10.1. The first-order valence-electron chi connectivity index (χ1n) is 10.5. The maximum absolute atomic E-state index is 12.8. The Kier molecular flexibility index (Phi) is 9.67. The zero-order chi connectivity index (χ0) is 24.6. The van der Waals surface area contributed by atoms with Crippen LogP contribution >= 0.6 is 47.6 Å². The minimum Gasteiger partial charge on any atom is -0.350 e. The summed E-state index contributed by atoms with van der Waals surface area (Å²) in [6.45, 7) is 0. The van der Waals surface area contributed by atoms with Gasteiger partial charge in [-0.3, -0.25) is 4.72 Å². The van der Waals surface area contributed by atoms with Crippen LogP contribution in [0.4, 0.5) is 11.4 Å². The lowest BCUT2D eigenvalue weighted by Crippen LogP contribution is -2.34. The molecule has 0 aliphatic rings. The summed E-state index contributed by atoms with van der Waals surface area (Å²) >= 11 is 22.5. The highest BCUT2D eigenvalue weighted by Gasteiger charge is 2.17. The summed E-state index contributed by atoms with van der Waals surface area (Å²) in [5.41, 5.74) is 2.41. The molecule has 0 saturated carbocycles. The second-order valence-corrected chi connectivity index (χ2v) is 10.9. The summed E-state index contributed by atoms with van der Waals surface area (Å²) in [5, 5.41) is 6.53. The normalized spacial score (nSPS) is 11.0. The summed E-state index contributed by atoms with van der Waals surface area (Å²) in [5.74, 6) is 0. The number of thiocarbonyl (C=S) groups is 2. The molecule has 3 rings (SSSR count). The average molecular weight is 553 g/mol. The highest BCUT2D eigenvalue weighted by molar-refractivity contribution is 7.92. The number of anilines is 2. The highest BCUT2D eigenvalue weighted by Crippen LogP contribution is 2.25. The first-order chi connectivity index (χ1) is 16.2. The van der Waals surface area contributed by atoms with Crippen molar-refractivity contribution in [1.82, 2.24) is 4.72 Å². The number of benzene rings is 3. The Morgan fingerprint density at radius 1 is 0.794 bits per heavy atom. The molecule has 0 saturated heterocycles. The quantitative estimate of drug-likeness (QED) is 0.200. The van der Waals surface area contributed by atoms with Crippen molar-refractivity contribution in [2.75, 3.05) is 10.6 Å². The number of aryl methyl sites for hydroxylation is 1. The molecule has 178 valence electrons. The molecule has 0 heterocycles. The predicted molar refractivity (Wildman–Crippen MR) is 150 cm³/mol. The number of sulfonamides is 1. The second kappa shape index (κ2) is 12.5. The first kappa shape index (κ1) is 26.4. The monoisotopic (exact) mass is 551 g/mol. The Morgan fingerprint density at radius 2 is 1.53 bits per heavy atom. The fraction of sp³-hybridized carbons (Fsp3) is 0.167. The van der Waals surface area contributed by atoms with Crippen LogP contribution in [0.15, 0.2) is 77.7 Å². The van der Waals surface area contributed by atoms with Crippen LogP contribution in [-0.4, -0.2) is 18.5 Å². The molecule has 0 atom stereocenters. The molecule has 0 bridgehead atoms. The van der Waals surface area contributed by atoms with Gasteiger partial charge >= 0.3 is 0 Å². The summed E-state index contributed by atoms with van der Waals surface area (Å²) in [7, 11) is -3.90. The maximum atomic E-state index is 12.8. The SMILES string of the molecule is O=S(=O)(NC(=S)Nc1ccc(Cl)c(Cl)c1)c1cccc(NC(=S)CCCCc2ccccc2)c1. The topological polar surface area (TPSA) is 70.2 Å². The molecule has 0 aromatic heterocycles. The largest absolute Gasteiger partial charge is 0.350 e. The molecule has 3 aromatic carbocycles. The molecule has 10 heteroatoms. The van der Waals surface area contributed by atoms with Crippen LogP contribution in [0.25, 0.3) is 0 Å². The molecule has 0 aliphatic carbocycles. The third-order valence-corrected chi connectivity index (χ3v) is 7.52. The van der Waals surface area contributed by atoms with Gasteiger partial charge < -0.3 is 10.6 Å². The van der Waals surface area contributed by atoms with Crippen LogP contribution < -0.4 is 15.4 Å². The van der Waals surface area contributed by atoms with Gasteiger partial charge in [0.05, 0.1) is 19.9 Å². The molecule has 3 N–H and O–H groups in total. The predicted octanol–water partition coefficient (Wildman–Crippen LogP) is 6.82. The van der Waals surface area contributed by atoms with Gasteiger partial charge in [0.15, 0.2) is 5.11 Å². The molecular weight excluding hydrogens is 529 g/mol. The molecule has 0 fully saturated rings. The Labute approximate surface area is 220 Å². The Balaban J connectivity index is 1.52. The van der Waals surface area contributed by atoms with Crippen LogP contribution in [0.5, 0.6) is 0 Å². The standard InChI is InChI=1S/C24H23Cl2N3O2S3/c25-21-14-13-19(16-22(21)26)28-24(33)29-34(30,31)20-11-6-10-18(15-20)27-23(32)12-5-4-9-17-7-2-1-3-8-17/h1-3,6-8,10-11,13-16H,4-5,9,12H2,(H,27,32)(H2,28,29,33). The number of halogens is 2. The third kappa shape index (κ3) is 8.21. The number of hydrogen-bond acceptors (Lipinski definition) is 4. The fourth-order valence-electron chi connectivity index (χ4n) is 3.14. The van der Waals surface area contributed by atoms with E-state index in [0.29, 0.717) is 26.4 Å². The van der Waals surface area contributed by atoms with Crippen LogP contribution in [0.2, 0.25) is 10.0 Å². The third-order valence-electron chi connectivity index (χ3n) is 4.79. The van der Waals surface area contributed by atoms with Crippen molar-refractivity contribution < 1.29 is 8.42 Å². The van der Waals surface area contributed by atoms with E-state index in [1.807, 2.05) is 18.2 Å². The van der Waals surface area contributed by atoms with Gasteiger partial charge in [-0.25, -0.2) is 8.42 Å². The van der Waals surface area contributed by atoms with E-state index in [1.54, 1.807) is 30.3 Å². The van der Waals surface area contributed by atoms with Gasteiger partial charge in [0.2, 0.25) is 0 Å². The number of unbranched alkanes of at least 4 members (excludes halogenated alkanes) is 1. The minimum absolute atomic E-state index is 0.0580. The Bertz CT molecular complexity index is 1270. The van der Waals surface area contributed by atoms with Crippen molar-refractivity contribution in [3.8, 4) is 0 Å². The summed E-state index contributed by atoms with van der Waals surface area (Å²) < 4.78 is 27.9. The fourth-order valence-corrected chi connectivity index (χ4v) is 5.10. The molecule has 0 spiro atoms. The van der Waals surface area contributed by atoms with Gasteiger partial charge in [-0.1, -0.05) is 71.8 Å². The zero-order valence-electron chi connectivity index (χ0n) is 18.1. The van der Waals surface area contributed by atoms with Gasteiger partial charge in [0.1, 0.15) is 0 Å². The molecule has 5 nitrogen and oxygen atoms in total. The van der Waals surface area contributed by atoms with Crippen molar-refractivity contribution in [3.63, 3.8) is 0 Å². The highest BCUT2D eigenvalue weighted by atomic mass is 35.5. The van der Waals surface area contributed by atoms with Crippen molar-refractivity contribution in [1.29, 1.82) is 0 Å². The zero-order valence-corrected chi connectivity index (χ0v) is 22.0. The molecule has 0 amide bonds. The minimum atomic E-state index is -3.90. The first-order valence-corrected chi connectivity index (χ1v) is 13.5. The van der Waals surface area contributed by atoms with E-state index in [0.717, 1.165) is 25.7 Å². The van der Waals surface area contributed by atoms with Crippen LogP contribution in [0.1, 0.15) is 24.8 Å². The van der Waals surface area contributed by atoms with Gasteiger partial charge in [0.25, 0.3) is 10.0 Å². The summed E-state index contributed by atoms with van der Waals surface area (Å²) in [4.78, 5) is 0.718. The van der Waals surface area contributed by atoms with Gasteiger partial charge in [0, 0.05) is 11.4 Å². The lowest BCUT2D eigenvalue weighted by Gasteiger charge is -2.13. The van der Waals surface area contributed by atoms with E-state index in [9.17, 15) is 8.42 Å². The Hall–Kier alpha value is -2.23. The molecule has 0 radical (unpaired) electrons. The maximum Gasteiger partial charge on any atom is 0.263 e. The number of hydrogen-bond donors (Lipinski definition) is 3. The van der Waals surface area contributed by atoms with E-state index in [2.05, 4.69) is 27.5 Å². The van der Waals surface area contributed by atoms with Gasteiger partial charge in [-0.05, 0) is 79.9 Å². The number of nitrogens with one attached hydrogen (secondary N) is 3. The van der Waals surface area contributed by atoms with Crippen LogP contribution in [0.3, 0.4) is 0 Å². The lowest BCUT2D eigenvalue weighted by molar-refractivity contribution is 0.593. The van der Waals surface area contributed by atoms with Crippen molar-refractivity contribution in [2.45, 2.75) is 30.6 Å². The van der Waals surface area contributed by atoms with Crippen molar-refractivity contribution in [2.24, 2.45) is 0 Å². The van der Waals surface area contributed by atoms with E-state index in [4.69, 9.17) is 47.6 Å². The van der Waals surface area contributed by atoms with Crippen LogP contribution in [-0.2, 0) is 16.4 Å². The Morgan fingerprint density at radius 3 is 2.26 bits per heavy atom. The molecular formula is C24H23Cl2N3O2S3. The molecule has 0 aliphatic heterocycles. The summed E-state index contributed by atoms with van der Waals surface area (Å²) in [6, 6.07) is 21.5. The van der Waals surface area contributed by atoms with Crippen molar-refractivity contribution >= 4 is 79.1 Å². The van der Waals surface area contributed by atoms with E-state index >= 15 is 0 Å². The molecule has 0 unspecified atom stereocenters. The van der Waals surface area contributed by atoms with Crippen molar-refractivity contribution in [3.05, 3.63) is 88.4 Å². The number of rotatable bonds is 9. The smallest absolute Gasteiger partial charge is 0.263 e. The molecule has 3 aromatic rings. The van der Waals surface area contributed by atoms with E-state index in [-0.39, 0.29) is 10.0 Å². The van der Waals surface area contributed by atoms with Gasteiger partial charge in [-0.2, -0.15) is 0 Å².